The standard InChI is InChI=1S/C32H24N2O4S2/c33-27-30(35)34-28(32(36)38-29(19-9-3-1-4-10-19)20-11-5-2-6-12-20)26(18-39-31(27)34)40-21-15-16-25-23(17-21)22-13-7-8-14-24(22)37-25/h1-17,27,29,31H,18,33H2/t27-,31-/m1/s1. The van der Waals surface area contributed by atoms with E-state index in [0.29, 0.717) is 5.75 Å². The van der Waals surface area contributed by atoms with Crippen LogP contribution in [-0.4, -0.2) is 33.9 Å². The summed E-state index contributed by atoms with van der Waals surface area (Å²) in [7, 11) is 0. The van der Waals surface area contributed by atoms with Crippen molar-refractivity contribution in [3.05, 3.63) is 125 Å². The van der Waals surface area contributed by atoms with Crippen LogP contribution < -0.4 is 5.73 Å². The lowest BCUT2D eigenvalue weighted by molar-refractivity contribution is -0.152. The third-order valence-corrected chi connectivity index (χ3v) is 9.74. The minimum Gasteiger partial charge on any atom is -0.456 e. The van der Waals surface area contributed by atoms with Crippen molar-refractivity contribution in [1.29, 1.82) is 0 Å². The third kappa shape index (κ3) is 4.29. The van der Waals surface area contributed by atoms with Gasteiger partial charge in [-0.05, 0) is 35.4 Å². The molecule has 2 aliphatic rings. The molecule has 6 nitrogen and oxygen atoms in total. The Hall–Kier alpha value is -3.98. The molecule has 0 unspecified atom stereocenters. The Morgan fingerprint density at radius 1 is 0.900 bits per heavy atom. The number of esters is 1. The molecule has 0 spiro atoms. The SMILES string of the molecule is N[C@@H]1C(=O)N2C(C(=O)OC(c3ccccc3)c3ccccc3)=C(Sc3ccc4oc5ccccc5c4c3)CS[C@H]12. The highest BCUT2D eigenvalue weighted by Gasteiger charge is 2.52. The number of carbonyl (C=O) groups excluding carboxylic acids is 2. The monoisotopic (exact) mass is 564 g/mol. The average Bonchev–Trinajstić information content (AvgIpc) is 3.38. The molecule has 2 atom stereocenters. The summed E-state index contributed by atoms with van der Waals surface area (Å²) < 4.78 is 12.2. The van der Waals surface area contributed by atoms with Gasteiger partial charge in [-0.1, -0.05) is 90.6 Å². The maximum atomic E-state index is 14.0. The Bertz CT molecular complexity index is 1750. The summed E-state index contributed by atoms with van der Waals surface area (Å²) in [6, 6.07) is 32.5. The molecule has 0 saturated carbocycles. The van der Waals surface area contributed by atoms with Crippen molar-refractivity contribution < 1.29 is 18.7 Å². The van der Waals surface area contributed by atoms with Crippen LogP contribution in [0, 0.1) is 0 Å². The minimum absolute atomic E-state index is 0.269. The Morgan fingerprint density at radius 3 is 2.27 bits per heavy atom. The molecule has 198 valence electrons. The van der Waals surface area contributed by atoms with Gasteiger partial charge in [-0.15, -0.1) is 11.8 Å². The minimum atomic E-state index is -0.632. The van der Waals surface area contributed by atoms with Gasteiger partial charge in [0.15, 0.2) is 6.10 Å². The summed E-state index contributed by atoms with van der Waals surface area (Å²) in [6.07, 6.45) is -0.625. The van der Waals surface area contributed by atoms with E-state index in [1.165, 1.54) is 16.7 Å². The van der Waals surface area contributed by atoms with E-state index >= 15 is 0 Å². The van der Waals surface area contributed by atoms with Crippen LogP contribution in [-0.2, 0) is 14.3 Å². The number of hydrogen-bond acceptors (Lipinski definition) is 7. The molecular weight excluding hydrogens is 540 g/mol. The van der Waals surface area contributed by atoms with E-state index in [1.54, 1.807) is 11.8 Å². The first-order valence-corrected chi connectivity index (χ1v) is 14.8. The van der Waals surface area contributed by atoms with Crippen LogP contribution in [0.5, 0.6) is 0 Å². The van der Waals surface area contributed by atoms with Gasteiger partial charge in [0.2, 0.25) is 5.91 Å². The van der Waals surface area contributed by atoms with Crippen LogP contribution in [0.15, 0.2) is 123 Å². The van der Waals surface area contributed by atoms with E-state index in [1.807, 2.05) is 97.1 Å². The largest absolute Gasteiger partial charge is 0.456 e. The van der Waals surface area contributed by atoms with Crippen LogP contribution in [0.2, 0.25) is 0 Å². The van der Waals surface area contributed by atoms with Crippen LogP contribution in [0.4, 0.5) is 0 Å². The Kier molecular flexibility index (Phi) is 6.38. The number of furan rings is 1. The van der Waals surface area contributed by atoms with Crippen molar-refractivity contribution in [1.82, 2.24) is 4.90 Å². The lowest BCUT2D eigenvalue weighted by Gasteiger charge is -2.48. The van der Waals surface area contributed by atoms with Crippen molar-refractivity contribution in [2.75, 3.05) is 5.75 Å². The number of ether oxygens (including phenoxy) is 1. The zero-order chi connectivity index (χ0) is 27.2. The quantitative estimate of drug-likeness (QED) is 0.187. The molecule has 0 radical (unpaired) electrons. The topological polar surface area (TPSA) is 85.8 Å². The van der Waals surface area contributed by atoms with Crippen molar-refractivity contribution >= 4 is 57.3 Å². The predicted octanol–water partition coefficient (Wildman–Crippen LogP) is 6.46. The van der Waals surface area contributed by atoms with E-state index < -0.39 is 18.1 Å². The second kappa shape index (κ2) is 10.2. The second-order valence-corrected chi connectivity index (χ2v) is 11.9. The van der Waals surface area contributed by atoms with Gasteiger partial charge in [-0.25, -0.2) is 4.79 Å². The molecule has 1 fully saturated rings. The average molecular weight is 565 g/mol. The zero-order valence-corrected chi connectivity index (χ0v) is 22.9. The summed E-state index contributed by atoms with van der Waals surface area (Å²) in [6.45, 7) is 0. The first-order chi connectivity index (χ1) is 19.6. The fourth-order valence-corrected chi connectivity index (χ4v) is 7.67. The van der Waals surface area contributed by atoms with Crippen molar-refractivity contribution in [2.24, 2.45) is 5.73 Å². The van der Waals surface area contributed by atoms with Crippen molar-refractivity contribution in [3.63, 3.8) is 0 Å². The number of nitrogens with two attached hydrogens (primary N) is 1. The number of rotatable bonds is 6. The van der Waals surface area contributed by atoms with Crippen molar-refractivity contribution in [2.45, 2.75) is 22.4 Å². The smallest absolute Gasteiger partial charge is 0.356 e. The number of hydrogen-bond donors (Lipinski definition) is 1. The molecule has 1 amide bonds. The molecule has 0 bridgehead atoms. The van der Waals surface area contributed by atoms with Crippen LogP contribution >= 0.6 is 23.5 Å². The lowest BCUT2D eigenvalue weighted by atomic mass is 10.0. The van der Waals surface area contributed by atoms with E-state index in [2.05, 4.69) is 6.07 Å². The Balaban J connectivity index is 1.27. The predicted molar refractivity (Wildman–Crippen MR) is 158 cm³/mol. The molecule has 1 saturated heterocycles. The highest BCUT2D eigenvalue weighted by atomic mass is 32.2. The van der Waals surface area contributed by atoms with Crippen LogP contribution in [0.25, 0.3) is 21.9 Å². The number of nitrogens with zero attached hydrogens (tertiary/aromatic N) is 1. The number of thioether (sulfide) groups is 2. The number of amides is 1. The molecule has 4 aromatic carbocycles. The van der Waals surface area contributed by atoms with E-state index in [4.69, 9.17) is 14.9 Å². The zero-order valence-electron chi connectivity index (χ0n) is 21.2. The van der Waals surface area contributed by atoms with Crippen LogP contribution in [0.3, 0.4) is 0 Å². The normalized spacial score (nSPS) is 18.8. The highest BCUT2D eigenvalue weighted by Crippen LogP contribution is 2.46. The molecule has 8 heteroatoms. The Labute approximate surface area is 239 Å². The van der Waals surface area contributed by atoms with E-state index in [9.17, 15) is 9.59 Å². The van der Waals surface area contributed by atoms with Gasteiger partial charge in [0, 0.05) is 26.3 Å². The fourth-order valence-electron chi connectivity index (χ4n) is 5.21. The third-order valence-electron chi connectivity index (χ3n) is 7.19. The molecule has 40 heavy (non-hydrogen) atoms. The van der Waals surface area contributed by atoms with Gasteiger partial charge in [0.1, 0.15) is 28.3 Å². The molecule has 3 heterocycles. The summed E-state index contributed by atoms with van der Waals surface area (Å²) in [4.78, 5) is 30.2. The number of β-lactam (4-membered cyclic amide) rings is 1. The molecule has 2 N–H and O–H groups in total. The highest BCUT2D eigenvalue weighted by molar-refractivity contribution is 8.06. The number of benzene rings is 4. The van der Waals surface area contributed by atoms with Gasteiger partial charge in [-0.2, -0.15) is 0 Å². The number of carbonyl (C=O) groups is 2. The lowest BCUT2D eigenvalue weighted by Crippen LogP contribution is -2.68. The second-order valence-electron chi connectivity index (χ2n) is 9.67. The first-order valence-electron chi connectivity index (χ1n) is 12.9. The van der Waals surface area contributed by atoms with Gasteiger partial charge in [0.25, 0.3) is 0 Å². The van der Waals surface area contributed by atoms with Gasteiger partial charge in [-0.3, -0.25) is 9.69 Å². The van der Waals surface area contributed by atoms with E-state index in [0.717, 1.165) is 42.9 Å². The molecule has 5 aromatic rings. The van der Waals surface area contributed by atoms with Crippen LogP contribution in [0.1, 0.15) is 17.2 Å². The number of para-hydroxylation sites is 1. The molecule has 7 rings (SSSR count). The van der Waals surface area contributed by atoms with E-state index in [-0.39, 0.29) is 17.0 Å². The maximum absolute atomic E-state index is 14.0. The first kappa shape index (κ1) is 25.0. The maximum Gasteiger partial charge on any atom is 0.356 e. The molecule has 0 aliphatic carbocycles. The van der Waals surface area contributed by atoms with Gasteiger partial charge >= 0.3 is 5.97 Å². The summed E-state index contributed by atoms with van der Waals surface area (Å²) in [5, 5.41) is 1.75. The summed E-state index contributed by atoms with van der Waals surface area (Å²) in [5.41, 5.74) is 9.72. The Morgan fingerprint density at radius 2 is 1.55 bits per heavy atom. The fraction of sp³-hybridized carbons (Fsp3) is 0.125. The summed E-state index contributed by atoms with van der Waals surface area (Å²) in [5.74, 6) is -0.266. The van der Waals surface area contributed by atoms with Crippen molar-refractivity contribution in [3.8, 4) is 0 Å². The summed E-state index contributed by atoms with van der Waals surface area (Å²) >= 11 is 3.04. The molecule has 1 aromatic heterocycles. The van der Waals surface area contributed by atoms with Gasteiger partial charge < -0.3 is 14.9 Å². The van der Waals surface area contributed by atoms with Gasteiger partial charge in [0.05, 0.1) is 0 Å². The number of fused-ring (bicyclic) bond motifs is 4. The molecular formula is C32H24N2O4S2. The molecule has 2 aliphatic heterocycles.